The zero-order valence-corrected chi connectivity index (χ0v) is 21.7. The SMILES string of the molecule is O=C(CNc1cccc(OCCCc2ccccc2)c1)Nc1ccc(Cl)c(C(=O)NC2CCCCC2)c1. The molecule has 0 saturated heterocycles. The molecule has 0 aliphatic heterocycles. The Morgan fingerprint density at radius 3 is 2.51 bits per heavy atom. The van der Waals surface area contributed by atoms with Crippen molar-refractivity contribution in [2.75, 3.05) is 23.8 Å². The van der Waals surface area contributed by atoms with Crippen LogP contribution in [0.3, 0.4) is 0 Å². The first-order valence-corrected chi connectivity index (χ1v) is 13.4. The molecule has 3 aromatic rings. The third-order valence-corrected chi connectivity index (χ3v) is 6.77. The summed E-state index contributed by atoms with van der Waals surface area (Å²) in [5, 5.41) is 9.41. The van der Waals surface area contributed by atoms with Crippen molar-refractivity contribution in [3.63, 3.8) is 0 Å². The first kappa shape index (κ1) is 26.6. The summed E-state index contributed by atoms with van der Waals surface area (Å²) in [6.07, 6.45) is 7.35. The van der Waals surface area contributed by atoms with E-state index in [1.165, 1.54) is 12.0 Å². The van der Waals surface area contributed by atoms with E-state index >= 15 is 0 Å². The average molecular weight is 520 g/mol. The molecule has 0 aromatic heterocycles. The fourth-order valence-corrected chi connectivity index (χ4v) is 4.68. The quantitative estimate of drug-likeness (QED) is 0.254. The largest absolute Gasteiger partial charge is 0.494 e. The van der Waals surface area contributed by atoms with Crippen molar-refractivity contribution < 1.29 is 14.3 Å². The number of hydrogen-bond acceptors (Lipinski definition) is 4. The van der Waals surface area contributed by atoms with Crippen molar-refractivity contribution in [2.24, 2.45) is 0 Å². The molecule has 2 amide bonds. The molecular formula is C30H34ClN3O3. The van der Waals surface area contributed by atoms with E-state index in [1.807, 2.05) is 42.5 Å². The van der Waals surface area contributed by atoms with Crippen LogP contribution in [0.15, 0.2) is 72.8 Å². The lowest BCUT2D eigenvalue weighted by atomic mass is 9.95. The molecule has 3 N–H and O–H groups in total. The van der Waals surface area contributed by atoms with Gasteiger partial charge in [0.1, 0.15) is 5.75 Å². The molecule has 1 fully saturated rings. The van der Waals surface area contributed by atoms with Gasteiger partial charge in [-0.2, -0.15) is 0 Å². The maximum atomic E-state index is 12.7. The molecule has 0 unspecified atom stereocenters. The predicted octanol–water partition coefficient (Wildman–Crippen LogP) is 6.46. The Morgan fingerprint density at radius 2 is 1.70 bits per heavy atom. The number of carbonyl (C=O) groups excluding carboxylic acids is 2. The second-order valence-electron chi connectivity index (χ2n) is 9.37. The highest BCUT2D eigenvalue weighted by Gasteiger charge is 2.19. The molecule has 37 heavy (non-hydrogen) atoms. The van der Waals surface area contributed by atoms with Crippen LogP contribution in [0.5, 0.6) is 5.75 Å². The molecule has 194 valence electrons. The van der Waals surface area contributed by atoms with Gasteiger partial charge in [-0.25, -0.2) is 0 Å². The molecule has 0 heterocycles. The number of benzene rings is 3. The molecule has 7 heteroatoms. The lowest BCUT2D eigenvalue weighted by Gasteiger charge is -2.23. The highest BCUT2D eigenvalue weighted by atomic mass is 35.5. The van der Waals surface area contributed by atoms with Gasteiger partial charge < -0.3 is 20.7 Å². The minimum absolute atomic E-state index is 0.0731. The number of hydrogen-bond donors (Lipinski definition) is 3. The Morgan fingerprint density at radius 1 is 0.892 bits per heavy atom. The molecule has 0 atom stereocenters. The monoisotopic (exact) mass is 519 g/mol. The van der Waals surface area contributed by atoms with Crippen LogP contribution in [-0.2, 0) is 11.2 Å². The molecule has 3 aromatic carbocycles. The first-order chi connectivity index (χ1) is 18.1. The minimum atomic E-state index is -0.227. The van der Waals surface area contributed by atoms with E-state index in [4.69, 9.17) is 16.3 Å². The fourth-order valence-electron chi connectivity index (χ4n) is 4.48. The predicted molar refractivity (Wildman–Crippen MR) is 150 cm³/mol. The second kappa shape index (κ2) is 13.7. The molecular weight excluding hydrogens is 486 g/mol. The summed E-state index contributed by atoms with van der Waals surface area (Å²) >= 11 is 6.28. The van der Waals surface area contributed by atoms with Crippen molar-refractivity contribution in [2.45, 2.75) is 51.0 Å². The van der Waals surface area contributed by atoms with Gasteiger partial charge in [0, 0.05) is 23.5 Å². The maximum absolute atomic E-state index is 12.7. The summed E-state index contributed by atoms with van der Waals surface area (Å²) in [6, 6.07) is 23.1. The molecule has 6 nitrogen and oxygen atoms in total. The Balaban J connectivity index is 1.23. The van der Waals surface area contributed by atoms with Gasteiger partial charge in [-0.1, -0.05) is 67.3 Å². The zero-order valence-electron chi connectivity index (χ0n) is 21.0. The molecule has 1 aliphatic carbocycles. The van der Waals surface area contributed by atoms with Crippen LogP contribution >= 0.6 is 11.6 Å². The van der Waals surface area contributed by atoms with Gasteiger partial charge in [-0.3, -0.25) is 9.59 Å². The highest BCUT2D eigenvalue weighted by Crippen LogP contribution is 2.23. The van der Waals surface area contributed by atoms with Crippen molar-refractivity contribution >= 4 is 34.8 Å². The van der Waals surface area contributed by atoms with Gasteiger partial charge in [0.05, 0.1) is 23.7 Å². The van der Waals surface area contributed by atoms with Crippen LogP contribution in [0.4, 0.5) is 11.4 Å². The standard InChI is InChI=1S/C30H34ClN3O3/c31-28-17-16-25(20-27(28)30(36)34-23-12-5-2-6-13-23)33-29(35)21-32-24-14-7-15-26(19-24)37-18-8-11-22-9-3-1-4-10-22/h1,3-4,7,9-10,14-17,19-20,23,32H,2,5-6,8,11-13,18,21H2,(H,33,35)(H,34,36). The van der Waals surface area contributed by atoms with Gasteiger partial charge in [0.2, 0.25) is 5.91 Å². The van der Waals surface area contributed by atoms with Gasteiger partial charge in [0.25, 0.3) is 5.91 Å². The van der Waals surface area contributed by atoms with Crippen molar-refractivity contribution in [1.29, 1.82) is 0 Å². The number of amides is 2. The van der Waals surface area contributed by atoms with Gasteiger partial charge in [-0.15, -0.1) is 0 Å². The average Bonchev–Trinajstić information content (AvgIpc) is 2.92. The number of aryl methyl sites for hydroxylation is 1. The van der Waals surface area contributed by atoms with Crippen LogP contribution in [0.1, 0.15) is 54.4 Å². The highest BCUT2D eigenvalue weighted by molar-refractivity contribution is 6.34. The third-order valence-electron chi connectivity index (χ3n) is 6.44. The zero-order chi connectivity index (χ0) is 25.9. The first-order valence-electron chi connectivity index (χ1n) is 13.0. The molecule has 0 spiro atoms. The van der Waals surface area contributed by atoms with E-state index < -0.39 is 0 Å². The maximum Gasteiger partial charge on any atom is 0.253 e. The Bertz CT molecular complexity index is 1180. The summed E-state index contributed by atoms with van der Waals surface area (Å²) < 4.78 is 5.88. The number of nitrogens with one attached hydrogen (secondary N) is 3. The number of rotatable bonds is 11. The van der Waals surface area contributed by atoms with Gasteiger partial charge in [-0.05, 0) is 61.6 Å². The van der Waals surface area contributed by atoms with Crippen molar-refractivity contribution in [3.8, 4) is 5.75 Å². The Hall–Kier alpha value is -3.51. The van der Waals surface area contributed by atoms with Crippen LogP contribution in [0.25, 0.3) is 0 Å². The van der Waals surface area contributed by atoms with E-state index in [9.17, 15) is 9.59 Å². The van der Waals surface area contributed by atoms with Crippen LogP contribution < -0.4 is 20.7 Å². The van der Waals surface area contributed by atoms with E-state index in [0.717, 1.165) is 50.0 Å². The third kappa shape index (κ3) is 8.53. The number of anilines is 2. The van der Waals surface area contributed by atoms with Gasteiger partial charge in [0.15, 0.2) is 0 Å². The fraction of sp³-hybridized carbons (Fsp3) is 0.333. The summed E-state index contributed by atoms with van der Waals surface area (Å²) in [5.41, 5.74) is 2.99. The number of ether oxygens (including phenoxy) is 1. The Labute approximate surface area is 223 Å². The smallest absolute Gasteiger partial charge is 0.253 e. The molecule has 4 rings (SSSR count). The summed E-state index contributed by atoms with van der Waals surface area (Å²) in [5.74, 6) is 0.326. The summed E-state index contributed by atoms with van der Waals surface area (Å²) in [6.45, 7) is 0.690. The van der Waals surface area contributed by atoms with E-state index in [2.05, 4.69) is 28.1 Å². The normalized spacial score (nSPS) is 13.5. The second-order valence-corrected chi connectivity index (χ2v) is 9.78. The molecule has 0 radical (unpaired) electrons. The minimum Gasteiger partial charge on any atom is -0.494 e. The lowest BCUT2D eigenvalue weighted by molar-refractivity contribution is -0.114. The van der Waals surface area contributed by atoms with Crippen molar-refractivity contribution in [1.82, 2.24) is 5.32 Å². The van der Waals surface area contributed by atoms with E-state index in [-0.39, 0.29) is 24.4 Å². The molecule has 1 aliphatic rings. The van der Waals surface area contributed by atoms with Crippen LogP contribution in [0, 0.1) is 0 Å². The summed E-state index contributed by atoms with van der Waals surface area (Å²) in [7, 11) is 0. The van der Waals surface area contributed by atoms with Crippen molar-refractivity contribution in [3.05, 3.63) is 88.9 Å². The lowest BCUT2D eigenvalue weighted by Crippen LogP contribution is -2.36. The topological polar surface area (TPSA) is 79.5 Å². The number of carbonyl (C=O) groups is 2. The van der Waals surface area contributed by atoms with E-state index in [1.54, 1.807) is 18.2 Å². The van der Waals surface area contributed by atoms with E-state index in [0.29, 0.717) is 22.9 Å². The van der Waals surface area contributed by atoms with Crippen LogP contribution in [-0.4, -0.2) is 31.0 Å². The van der Waals surface area contributed by atoms with Gasteiger partial charge >= 0.3 is 0 Å². The molecule has 1 saturated carbocycles. The Kier molecular flexibility index (Phi) is 9.83. The molecule has 0 bridgehead atoms. The van der Waals surface area contributed by atoms with Crippen LogP contribution in [0.2, 0.25) is 5.02 Å². The number of halogens is 1. The summed E-state index contributed by atoms with van der Waals surface area (Å²) in [4.78, 5) is 25.3.